The molecule has 2 rings (SSSR count). The molecule has 0 fully saturated rings. The van der Waals surface area contributed by atoms with Gasteiger partial charge in [0.1, 0.15) is 5.82 Å². The normalized spacial score (nSPS) is 10.3. The number of anilines is 2. The van der Waals surface area contributed by atoms with Crippen LogP contribution in [0.4, 0.5) is 15.8 Å². The number of halogens is 1. The summed E-state index contributed by atoms with van der Waals surface area (Å²) in [5.41, 5.74) is 6.14. The fourth-order valence-electron chi connectivity index (χ4n) is 1.52. The van der Waals surface area contributed by atoms with E-state index in [0.717, 1.165) is 0 Å². The van der Waals surface area contributed by atoms with Crippen LogP contribution in [0.3, 0.4) is 0 Å². The summed E-state index contributed by atoms with van der Waals surface area (Å²) in [4.78, 5) is 11.9. The Morgan fingerprint density at radius 3 is 2.83 bits per heavy atom. The molecule has 0 saturated heterocycles. The van der Waals surface area contributed by atoms with Crippen LogP contribution >= 0.6 is 0 Å². The van der Waals surface area contributed by atoms with Crippen molar-refractivity contribution in [1.29, 1.82) is 0 Å². The van der Waals surface area contributed by atoms with Gasteiger partial charge < -0.3 is 11.1 Å². The number of nitrogens with zero attached hydrogens (tertiary/aromatic N) is 2. The number of rotatable bonds is 3. The van der Waals surface area contributed by atoms with Gasteiger partial charge in [-0.1, -0.05) is 12.1 Å². The number of benzene rings is 1. The Morgan fingerprint density at radius 1 is 1.50 bits per heavy atom. The zero-order chi connectivity index (χ0) is 13.1. The molecule has 5 nitrogen and oxygen atoms in total. The zero-order valence-corrected chi connectivity index (χ0v) is 9.85. The average molecular weight is 248 g/mol. The highest BCUT2D eigenvalue weighted by Crippen LogP contribution is 2.16. The van der Waals surface area contributed by atoms with Crippen LogP contribution in [0.5, 0.6) is 0 Å². The van der Waals surface area contributed by atoms with Gasteiger partial charge in [0, 0.05) is 12.7 Å². The number of hydrogen-bond donors (Lipinski definition) is 2. The fraction of sp³-hybridized carbons (Fsp3) is 0.167. The van der Waals surface area contributed by atoms with Gasteiger partial charge in [-0.05, 0) is 19.1 Å². The lowest BCUT2D eigenvalue weighted by Gasteiger charge is -2.04. The molecule has 1 amide bonds. The third-order valence-corrected chi connectivity index (χ3v) is 2.45. The minimum absolute atomic E-state index is 0.0973. The highest BCUT2D eigenvalue weighted by atomic mass is 19.1. The average Bonchev–Trinajstić information content (AvgIpc) is 2.73. The van der Waals surface area contributed by atoms with Crippen molar-refractivity contribution in [2.45, 2.75) is 13.5 Å². The SMILES string of the molecule is CCn1cc(N)c(C(=O)Nc2ccccc2F)n1. The summed E-state index contributed by atoms with van der Waals surface area (Å²) in [5.74, 6) is -1.02. The van der Waals surface area contributed by atoms with E-state index in [1.807, 2.05) is 6.92 Å². The number of nitrogens with one attached hydrogen (secondary N) is 1. The molecule has 1 aromatic heterocycles. The maximum Gasteiger partial charge on any atom is 0.278 e. The van der Waals surface area contributed by atoms with Gasteiger partial charge in [-0.15, -0.1) is 0 Å². The Bertz CT molecular complexity index is 579. The van der Waals surface area contributed by atoms with Crippen molar-refractivity contribution in [3.05, 3.63) is 42.0 Å². The van der Waals surface area contributed by atoms with Crippen molar-refractivity contribution in [3.63, 3.8) is 0 Å². The number of aryl methyl sites for hydroxylation is 1. The van der Waals surface area contributed by atoms with Crippen molar-refractivity contribution < 1.29 is 9.18 Å². The minimum Gasteiger partial charge on any atom is -0.396 e. The zero-order valence-electron chi connectivity index (χ0n) is 9.85. The van der Waals surface area contributed by atoms with Crippen molar-refractivity contribution >= 4 is 17.3 Å². The molecule has 6 heteroatoms. The van der Waals surface area contributed by atoms with E-state index in [1.165, 1.54) is 12.1 Å². The molecule has 3 N–H and O–H groups in total. The number of aromatic nitrogens is 2. The van der Waals surface area contributed by atoms with E-state index in [2.05, 4.69) is 10.4 Å². The third kappa shape index (κ3) is 2.32. The lowest BCUT2D eigenvalue weighted by Crippen LogP contribution is -2.15. The first-order valence-corrected chi connectivity index (χ1v) is 5.50. The molecule has 0 spiro atoms. The first-order valence-electron chi connectivity index (χ1n) is 5.50. The summed E-state index contributed by atoms with van der Waals surface area (Å²) in [6.45, 7) is 2.49. The van der Waals surface area contributed by atoms with Crippen LogP contribution in [0.2, 0.25) is 0 Å². The number of hydrogen-bond acceptors (Lipinski definition) is 3. The van der Waals surface area contributed by atoms with E-state index in [9.17, 15) is 9.18 Å². The third-order valence-electron chi connectivity index (χ3n) is 2.45. The highest BCUT2D eigenvalue weighted by molar-refractivity contribution is 6.06. The molecule has 0 aliphatic rings. The largest absolute Gasteiger partial charge is 0.396 e. The molecule has 2 aromatic rings. The topological polar surface area (TPSA) is 72.9 Å². The number of nitrogens with two attached hydrogens (primary N) is 1. The van der Waals surface area contributed by atoms with E-state index >= 15 is 0 Å². The number of para-hydroxylation sites is 1. The van der Waals surface area contributed by atoms with Gasteiger partial charge in [-0.25, -0.2) is 4.39 Å². The summed E-state index contributed by atoms with van der Waals surface area (Å²) < 4.78 is 14.9. The predicted octanol–water partition coefficient (Wildman–Crippen LogP) is 1.88. The van der Waals surface area contributed by atoms with Crippen LogP contribution in [0.25, 0.3) is 0 Å². The van der Waals surface area contributed by atoms with Gasteiger partial charge in [-0.3, -0.25) is 9.48 Å². The fourth-order valence-corrected chi connectivity index (χ4v) is 1.52. The van der Waals surface area contributed by atoms with Crippen LogP contribution in [0.1, 0.15) is 17.4 Å². The van der Waals surface area contributed by atoms with E-state index in [4.69, 9.17) is 5.73 Å². The number of carbonyl (C=O) groups excluding carboxylic acids is 1. The standard InChI is InChI=1S/C12H13FN4O/c1-2-17-7-9(14)11(16-17)12(18)15-10-6-4-3-5-8(10)13/h3-7H,2,14H2,1H3,(H,15,18). The molecule has 1 aromatic carbocycles. The Balaban J connectivity index is 2.22. The number of carbonyl (C=O) groups is 1. The lowest BCUT2D eigenvalue weighted by molar-refractivity contribution is 0.102. The Labute approximate surface area is 103 Å². The molecular formula is C12H13FN4O. The summed E-state index contributed by atoms with van der Waals surface area (Å²) in [6.07, 6.45) is 1.57. The molecule has 0 bridgehead atoms. The van der Waals surface area contributed by atoms with Crippen molar-refractivity contribution in [3.8, 4) is 0 Å². The van der Waals surface area contributed by atoms with Crippen LogP contribution in [0, 0.1) is 5.82 Å². The first kappa shape index (κ1) is 12.1. The van der Waals surface area contributed by atoms with Gasteiger partial charge in [-0.2, -0.15) is 5.10 Å². The van der Waals surface area contributed by atoms with Gasteiger partial charge in [0.15, 0.2) is 5.69 Å². The second-order valence-electron chi connectivity index (χ2n) is 3.72. The van der Waals surface area contributed by atoms with Crippen LogP contribution in [-0.2, 0) is 6.54 Å². The van der Waals surface area contributed by atoms with Crippen LogP contribution < -0.4 is 11.1 Å². The molecule has 18 heavy (non-hydrogen) atoms. The molecule has 0 aliphatic carbocycles. The van der Waals surface area contributed by atoms with E-state index < -0.39 is 11.7 Å². The molecule has 0 saturated carbocycles. The minimum atomic E-state index is -0.523. The van der Waals surface area contributed by atoms with E-state index in [-0.39, 0.29) is 17.1 Å². The lowest BCUT2D eigenvalue weighted by atomic mass is 10.3. The molecule has 1 heterocycles. The Hall–Kier alpha value is -2.37. The molecular weight excluding hydrogens is 235 g/mol. The highest BCUT2D eigenvalue weighted by Gasteiger charge is 2.15. The number of nitrogen functional groups attached to an aromatic ring is 1. The maximum absolute atomic E-state index is 13.4. The van der Waals surface area contributed by atoms with Crippen molar-refractivity contribution in [1.82, 2.24) is 9.78 Å². The number of amides is 1. The summed E-state index contributed by atoms with van der Waals surface area (Å²) in [6, 6.07) is 5.92. The van der Waals surface area contributed by atoms with E-state index in [1.54, 1.807) is 23.0 Å². The predicted molar refractivity (Wildman–Crippen MR) is 66.7 cm³/mol. The molecule has 0 radical (unpaired) electrons. The second kappa shape index (κ2) is 4.87. The van der Waals surface area contributed by atoms with Crippen LogP contribution in [0.15, 0.2) is 30.5 Å². The molecule has 0 unspecified atom stereocenters. The molecule has 0 aliphatic heterocycles. The smallest absolute Gasteiger partial charge is 0.278 e. The monoisotopic (exact) mass is 248 g/mol. The quantitative estimate of drug-likeness (QED) is 0.871. The summed E-state index contributed by atoms with van der Waals surface area (Å²) in [5, 5.41) is 6.45. The van der Waals surface area contributed by atoms with Gasteiger partial charge in [0.05, 0.1) is 11.4 Å². The van der Waals surface area contributed by atoms with Crippen molar-refractivity contribution in [2.24, 2.45) is 0 Å². The molecule has 94 valence electrons. The molecule has 0 atom stereocenters. The van der Waals surface area contributed by atoms with Gasteiger partial charge in [0.2, 0.25) is 0 Å². The van der Waals surface area contributed by atoms with E-state index in [0.29, 0.717) is 6.54 Å². The Morgan fingerprint density at radius 2 is 2.22 bits per heavy atom. The van der Waals surface area contributed by atoms with Gasteiger partial charge >= 0.3 is 0 Å². The summed E-state index contributed by atoms with van der Waals surface area (Å²) in [7, 11) is 0. The van der Waals surface area contributed by atoms with Crippen molar-refractivity contribution in [2.75, 3.05) is 11.1 Å². The maximum atomic E-state index is 13.4. The second-order valence-corrected chi connectivity index (χ2v) is 3.72. The Kier molecular flexibility index (Phi) is 3.27. The van der Waals surface area contributed by atoms with Gasteiger partial charge in [0.25, 0.3) is 5.91 Å². The van der Waals surface area contributed by atoms with Crippen LogP contribution in [-0.4, -0.2) is 15.7 Å². The first-order chi connectivity index (χ1) is 8.61. The summed E-state index contributed by atoms with van der Waals surface area (Å²) >= 11 is 0.